The lowest BCUT2D eigenvalue weighted by Gasteiger charge is -2.07. The molecule has 0 atom stereocenters. The lowest BCUT2D eigenvalue weighted by molar-refractivity contribution is -0.137. The third-order valence-corrected chi connectivity index (χ3v) is 5.62. The maximum absolute atomic E-state index is 12.9. The fraction of sp³-hybridized carbons (Fsp3) is 0.0455. The highest BCUT2D eigenvalue weighted by atomic mass is 32.2. The van der Waals surface area contributed by atoms with Crippen LogP contribution in [0.2, 0.25) is 0 Å². The third kappa shape index (κ3) is 4.52. The van der Waals surface area contributed by atoms with Gasteiger partial charge in [-0.3, -0.25) is 0 Å². The molecule has 0 fully saturated rings. The van der Waals surface area contributed by atoms with Crippen molar-refractivity contribution in [3.05, 3.63) is 83.7 Å². The molecule has 0 saturated heterocycles. The summed E-state index contributed by atoms with van der Waals surface area (Å²) in [5, 5.41) is 5.32. The van der Waals surface area contributed by atoms with Crippen LogP contribution in [0.5, 0.6) is 0 Å². The van der Waals surface area contributed by atoms with Crippen LogP contribution < -0.4 is 5.14 Å². The van der Waals surface area contributed by atoms with Gasteiger partial charge in [0.15, 0.2) is 0 Å². The third-order valence-electron chi connectivity index (χ3n) is 4.65. The highest BCUT2D eigenvalue weighted by Crippen LogP contribution is 2.30. The Kier molecular flexibility index (Phi) is 5.16. The summed E-state index contributed by atoms with van der Waals surface area (Å²) < 4.78 is 62.3. The first-order valence-corrected chi connectivity index (χ1v) is 10.6. The summed E-state index contributed by atoms with van der Waals surface area (Å²) in [5.41, 5.74) is 2.03. The van der Waals surface area contributed by atoms with E-state index in [4.69, 9.17) is 5.14 Å². The number of nitrogens with one attached hydrogen (secondary N) is 1. The number of primary sulfonamides is 1. The van der Waals surface area contributed by atoms with Crippen LogP contribution in [0.4, 0.5) is 13.2 Å². The zero-order valence-electron chi connectivity index (χ0n) is 15.9. The number of halogens is 3. The van der Waals surface area contributed by atoms with E-state index in [9.17, 15) is 21.6 Å². The maximum Gasteiger partial charge on any atom is 0.416 e. The van der Waals surface area contributed by atoms with Crippen molar-refractivity contribution in [3.63, 3.8) is 0 Å². The first-order valence-electron chi connectivity index (χ1n) is 9.08. The summed E-state index contributed by atoms with van der Waals surface area (Å²) in [6.07, 6.45) is -1.30. The minimum atomic E-state index is -4.41. The van der Waals surface area contributed by atoms with Crippen LogP contribution in [-0.2, 0) is 16.2 Å². The minimum absolute atomic E-state index is 0.0125. The molecule has 0 spiro atoms. The van der Waals surface area contributed by atoms with E-state index in [1.54, 1.807) is 48.5 Å². The highest BCUT2D eigenvalue weighted by Gasteiger charge is 2.30. The molecule has 0 bridgehead atoms. The van der Waals surface area contributed by atoms with Gasteiger partial charge in [0.25, 0.3) is 0 Å². The Balaban J connectivity index is 1.68. The van der Waals surface area contributed by atoms with Gasteiger partial charge in [0.2, 0.25) is 10.0 Å². The normalized spacial score (nSPS) is 12.6. The van der Waals surface area contributed by atoms with Gasteiger partial charge in [-0.15, -0.1) is 0 Å². The van der Waals surface area contributed by atoms with Crippen LogP contribution in [0.1, 0.15) is 17.0 Å². The van der Waals surface area contributed by atoms with E-state index >= 15 is 0 Å². The second kappa shape index (κ2) is 7.68. The predicted octanol–water partition coefficient (Wildman–Crippen LogP) is 5.07. The van der Waals surface area contributed by atoms with Crippen molar-refractivity contribution >= 4 is 33.2 Å². The number of hydrogen-bond donors (Lipinski definition) is 2. The maximum atomic E-state index is 12.9. The van der Waals surface area contributed by atoms with Gasteiger partial charge >= 0.3 is 6.18 Å². The number of fused-ring (bicyclic) bond motifs is 1. The lowest BCUT2D eigenvalue weighted by Crippen LogP contribution is -2.13. The number of nitrogens with two attached hydrogens (primary N) is 1. The predicted molar refractivity (Wildman–Crippen MR) is 113 cm³/mol. The van der Waals surface area contributed by atoms with Crippen molar-refractivity contribution in [3.8, 4) is 11.1 Å². The summed E-state index contributed by atoms with van der Waals surface area (Å²) in [7, 11) is -3.90. The summed E-state index contributed by atoms with van der Waals surface area (Å²) in [5.74, 6) is 0.448. The van der Waals surface area contributed by atoms with Crippen molar-refractivity contribution < 1.29 is 21.6 Å². The number of imidazole rings is 1. The summed E-state index contributed by atoms with van der Waals surface area (Å²) in [6.45, 7) is 0. The monoisotopic (exact) mass is 443 g/mol. The Labute approximate surface area is 176 Å². The van der Waals surface area contributed by atoms with Crippen molar-refractivity contribution in [2.45, 2.75) is 11.1 Å². The Morgan fingerprint density at radius 1 is 0.935 bits per heavy atom. The number of nitrogens with zero attached hydrogens (tertiary/aromatic N) is 1. The van der Waals surface area contributed by atoms with Gasteiger partial charge in [0, 0.05) is 5.56 Å². The number of alkyl halides is 3. The van der Waals surface area contributed by atoms with Gasteiger partial charge in [-0.1, -0.05) is 42.5 Å². The molecule has 1 aromatic heterocycles. The van der Waals surface area contributed by atoms with Gasteiger partial charge in [-0.2, -0.15) is 13.2 Å². The van der Waals surface area contributed by atoms with Gasteiger partial charge < -0.3 is 4.98 Å². The number of aromatic nitrogens is 2. The van der Waals surface area contributed by atoms with E-state index in [0.29, 0.717) is 33.5 Å². The fourth-order valence-electron chi connectivity index (χ4n) is 3.22. The topological polar surface area (TPSA) is 88.8 Å². The van der Waals surface area contributed by atoms with Gasteiger partial charge in [0.05, 0.1) is 21.5 Å². The zero-order valence-corrected chi connectivity index (χ0v) is 16.7. The molecule has 31 heavy (non-hydrogen) atoms. The van der Waals surface area contributed by atoms with E-state index in [1.165, 1.54) is 18.2 Å². The molecule has 4 rings (SSSR count). The molecule has 0 radical (unpaired) electrons. The minimum Gasteiger partial charge on any atom is -0.338 e. The van der Waals surface area contributed by atoms with Crippen LogP contribution in [0.25, 0.3) is 34.3 Å². The van der Waals surface area contributed by atoms with Crippen LogP contribution in [0, 0.1) is 0 Å². The standard InChI is InChI=1S/C22H16F3N3O2S/c23-22(24,25)16-5-3-4-14(12-16)8-11-21-27-18-10-9-15(13-19(18)28-21)17-6-1-2-7-20(17)31(26,29)30/h1-13H,(H,27,28)(H2,26,29,30). The molecule has 9 heteroatoms. The van der Waals surface area contributed by atoms with Crippen molar-refractivity contribution in [2.24, 2.45) is 5.14 Å². The van der Waals surface area contributed by atoms with Crippen LogP contribution in [0.15, 0.2) is 71.6 Å². The molecular weight excluding hydrogens is 427 g/mol. The number of hydrogen-bond acceptors (Lipinski definition) is 3. The molecular formula is C22H16F3N3O2S. The number of rotatable bonds is 4. The molecule has 3 N–H and O–H groups in total. The lowest BCUT2D eigenvalue weighted by atomic mass is 10.1. The van der Waals surface area contributed by atoms with Crippen LogP contribution >= 0.6 is 0 Å². The largest absolute Gasteiger partial charge is 0.416 e. The average Bonchev–Trinajstić information content (AvgIpc) is 3.13. The molecule has 0 aliphatic rings. The molecule has 5 nitrogen and oxygen atoms in total. The number of H-pyrrole nitrogens is 1. The van der Waals surface area contributed by atoms with E-state index in [2.05, 4.69) is 9.97 Å². The van der Waals surface area contributed by atoms with E-state index in [1.807, 2.05) is 0 Å². The molecule has 158 valence electrons. The summed E-state index contributed by atoms with van der Waals surface area (Å²) >= 11 is 0. The molecule has 0 amide bonds. The Hall–Kier alpha value is -3.43. The fourth-order valence-corrected chi connectivity index (χ4v) is 3.98. The summed E-state index contributed by atoms with van der Waals surface area (Å²) in [6, 6.07) is 16.6. The van der Waals surface area contributed by atoms with E-state index < -0.39 is 21.8 Å². The van der Waals surface area contributed by atoms with Crippen LogP contribution in [-0.4, -0.2) is 18.4 Å². The van der Waals surface area contributed by atoms with Crippen molar-refractivity contribution in [1.82, 2.24) is 9.97 Å². The Bertz CT molecular complexity index is 1410. The molecule has 1 heterocycles. The molecule has 0 aliphatic carbocycles. The SMILES string of the molecule is NS(=O)(=O)c1ccccc1-c1ccc2nc(C=Cc3cccc(C(F)(F)F)c3)[nH]c2c1. The van der Waals surface area contributed by atoms with Crippen LogP contribution in [0.3, 0.4) is 0 Å². The van der Waals surface area contributed by atoms with Gasteiger partial charge in [-0.05, 0) is 47.5 Å². The van der Waals surface area contributed by atoms with E-state index in [-0.39, 0.29) is 4.90 Å². The molecule has 0 unspecified atom stereocenters. The zero-order chi connectivity index (χ0) is 22.2. The first-order chi connectivity index (χ1) is 14.6. The highest BCUT2D eigenvalue weighted by molar-refractivity contribution is 7.89. The smallest absolute Gasteiger partial charge is 0.338 e. The molecule has 4 aromatic rings. The number of benzene rings is 3. The Morgan fingerprint density at radius 3 is 2.45 bits per heavy atom. The number of aromatic amines is 1. The van der Waals surface area contributed by atoms with Crippen molar-refractivity contribution in [2.75, 3.05) is 0 Å². The number of sulfonamides is 1. The van der Waals surface area contributed by atoms with E-state index in [0.717, 1.165) is 12.1 Å². The second-order valence-electron chi connectivity index (χ2n) is 6.85. The molecule has 0 aliphatic heterocycles. The average molecular weight is 443 g/mol. The van der Waals surface area contributed by atoms with Crippen molar-refractivity contribution in [1.29, 1.82) is 0 Å². The van der Waals surface area contributed by atoms with Gasteiger partial charge in [-0.25, -0.2) is 18.5 Å². The quantitative estimate of drug-likeness (QED) is 0.462. The van der Waals surface area contributed by atoms with Gasteiger partial charge in [0.1, 0.15) is 5.82 Å². The molecule has 0 saturated carbocycles. The molecule has 3 aromatic carbocycles. The second-order valence-corrected chi connectivity index (χ2v) is 8.38. The Morgan fingerprint density at radius 2 is 1.71 bits per heavy atom. The first kappa shape index (κ1) is 20.8. The summed E-state index contributed by atoms with van der Waals surface area (Å²) in [4.78, 5) is 7.49.